The van der Waals surface area contributed by atoms with Crippen molar-refractivity contribution in [2.24, 2.45) is 0 Å². The summed E-state index contributed by atoms with van der Waals surface area (Å²) in [6, 6.07) is 2.68. The third kappa shape index (κ3) is 4.93. The van der Waals surface area contributed by atoms with Gasteiger partial charge in [-0.1, -0.05) is 5.92 Å². The monoisotopic (exact) mass is 257 g/mol. The van der Waals surface area contributed by atoms with Crippen LogP contribution in [-0.4, -0.2) is 25.8 Å². The first kappa shape index (κ1) is 13.6. The van der Waals surface area contributed by atoms with Gasteiger partial charge in [-0.3, -0.25) is 4.18 Å². The van der Waals surface area contributed by atoms with Crippen LogP contribution in [0.2, 0.25) is 0 Å². The van der Waals surface area contributed by atoms with Gasteiger partial charge in [0.25, 0.3) is 10.1 Å². The van der Waals surface area contributed by atoms with Gasteiger partial charge in [0.2, 0.25) is 0 Å². The number of pyridine rings is 1. The highest BCUT2D eigenvalue weighted by Crippen LogP contribution is 2.03. The van der Waals surface area contributed by atoms with E-state index in [4.69, 9.17) is 0 Å². The van der Waals surface area contributed by atoms with E-state index in [9.17, 15) is 12.8 Å². The molecule has 1 atom stereocenters. The standard InChI is InChI=1S/C11H12FNO3S/c1-8(16-17(3,14)15)4-5-10-6-7-11(12)9(2)13-10/h6-8H,1-3H3. The molecule has 0 bridgehead atoms. The number of nitrogens with zero attached hydrogens (tertiary/aromatic N) is 1. The zero-order chi connectivity index (χ0) is 13.1. The zero-order valence-electron chi connectivity index (χ0n) is 9.69. The number of hydrogen-bond acceptors (Lipinski definition) is 4. The maximum absolute atomic E-state index is 12.9. The third-order valence-electron chi connectivity index (χ3n) is 1.74. The van der Waals surface area contributed by atoms with Gasteiger partial charge in [-0.15, -0.1) is 0 Å². The van der Waals surface area contributed by atoms with Crippen LogP contribution in [0.25, 0.3) is 0 Å². The average Bonchev–Trinajstić information content (AvgIpc) is 2.17. The van der Waals surface area contributed by atoms with Crippen molar-refractivity contribution in [2.75, 3.05) is 6.26 Å². The first-order chi connectivity index (χ1) is 7.78. The molecule has 4 nitrogen and oxygen atoms in total. The summed E-state index contributed by atoms with van der Waals surface area (Å²) in [5.74, 6) is 4.78. The minimum atomic E-state index is -3.53. The van der Waals surface area contributed by atoms with Crippen molar-refractivity contribution < 1.29 is 17.0 Å². The van der Waals surface area contributed by atoms with Crippen molar-refractivity contribution in [1.29, 1.82) is 0 Å². The first-order valence-electron chi connectivity index (χ1n) is 4.81. The molecular formula is C11H12FNO3S. The van der Waals surface area contributed by atoms with Crippen LogP contribution in [-0.2, 0) is 14.3 Å². The largest absolute Gasteiger partial charge is 0.265 e. The first-order valence-corrected chi connectivity index (χ1v) is 6.62. The second-order valence-electron chi connectivity index (χ2n) is 3.48. The Morgan fingerprint density at radius 1 is 1.47 bits per heavy atom. The van der Waals surface area contributed by atoms with E-state index < -0.39 is 22.0 Å². The van der Waals surface area contributed by atoms with E-state index in [-0.39, 0.29) is 5.69 Å². The van der Waals surface area contributed by atoms with E-state index >= 15 is 0 Å². The lowest BCUT2D eigenvalue weighted by atomic mass is 10.3. The summed E-state index contributed by atoms with van der Waals surface area (Å²) in [7, 11) is -3.53. The van der Waals surface area contributed by atoms with Crippen molar-refractivity contribution in [3.8, 4) is 11.8 Å². The third-order valence-corrected chi connectivity index (χ3v) is 2.38. The van der Waals surface area contributed by atoms with Crippen LogP contribution in [0.5, 0.6) is 0 Å². The van der Waals surface area contributed by atoms with Crippen LogP contribution >= 0.6 is 0 Å². The van der Waals surface area contributed by atoms with E-state index in [1.807, 2.05) is 0 Å². The molecule has 1 rings (SSSR count). The molecule has 0 fully saturated rings. The normalized spacial score (nSPS) is 12.7. The lowest BCUT2D eigenvalue weighted by Gasteiger charge is -2.02. The molecule has 0 aromatic carbocycles. The summed E-state index contributed by atoms with van der Waals surface area (Å²) in [4.78, 5) is 3.89. The van der Waals surface area contributed by atoms with E-state index in [2.05, 4.69) is 21.0 Å². The summed E-state index contributed by atoms with van der Waals surface area (Å²) in [5, 5.41) is 0. The van der Waals surface area contributed by atoms with Crippen LogP contribution in [0.3, 0.4) is 0 Å². The van der Waals surface area contributed by atoms with Crippen molar-refractivity contribution >= 4 is 10.1 Å². The van der Waals surface area contributed by atoms with Gasteiger partial charge in [-0.2, -0.15) is 8.42 Å². The maximum atomic E-state index is 12.9. The molecule has 0 saturated carbocycles. The highest BCUT2D eigenvalue weighted by Gasteiger charge is 2.06. The topological polar surface area (TPSA) is 56.3 Å². The van der Waals surface area contributed by atoms with Gasteiger partial charge in [0, 0.05) is 0 Å². The predicted octanol–water partition coefficient (Wildman–Crippen LogP) is 1.25. The van der Waals surface area contributed by atoms with E-state index in [0.717, 1.165) is 6.26 Å². The Balaban J connectivity index is 2.81. The second kappa shape index (κ2) is 5.25. The molecule has 0 radical (unpaired) electrons. The molecule has 1 aromatic heterocycles. The number of aryl methyl sites for hydroxylation is 1. The summed E-state index contributed by atoms with van der Waals surface area (Å²) < 4.78 is 39.1. The van der Waals surface area contributed by atoms with Gasteiger partial charge < -0.3 is 0 Å². The molecule has 92 valence electrons. The lowest BCUT2D eigenvalue weighted by molar-refractivity contribution is 0.286. The van der Waals surface area contributed by atoms with E-state index in [1.54, 1.807) is 0 Å². The Morgan fingerprint density at radius 3 is 2.65 bits per heavy atom. The van der Waals surface area contributed by atoms with Crippen LogP contribution in [0.15, 0.2) is 12.1 Å². The van der Waals surface area contributed by atoms with Crippen molar-refractivity contribution in [2.45, 2.75) is 20.0 Å². The number of halogens is 1. The second-order valence-corrected chi connectivity index (χ2v) is 5.08. The Hall–Kier alpha value is -1.45. The molecule has 0 N–H and O–H groups in total. The SMILES string of the molecule is Cc1nc(C#CC(C)OS(C)(=O)=O)ccc1F. The van der Waals surface area contributed by atoms with E-state index in [0.29, 0.717) is 5.69 Å². The number of aromatic nitrogens is 1. The average molecular weight is 257 g/mol. The highest BCUT2D eigenvalue weighted by molar-refractivity contribution is 7.86. The van der Waals surface area contributed by atoms with Crippen LogP contribution in [0.4, 0.5) is 4.39 Å². The maximum Gasteiger partial charge on any atom is 0.265 e. The van der Waals surface area contributed by atoms with Crippen LogP contribution in [0.1, 0.15) is 18.3 Å². The summed E-state index contributed by atoms with van der Waals surface area (Å²) in [6.07, 6.45) is 0.183. The fourth-order valence-electron chi connectivity index (χ4n) is 1.08. The van der Waals surface area contributed by atoms with Gasteiger partial charge in [-0.05, 0) is 31.9 Å². The van der Waals surface area contributed by atoms with Crippen molar-refractivity contribution in [3.63, 3.8) is 0 Å². The molecule has 1 aromatic rings. The number of hydrogen-bond donors (Lipinski definition) is 0. The van der Waals surface area contributed by atoms with Crippen LogP contribution < -0.4 is 0 Å². The Kier molecular flexibility index (Phi) is 4.21. The quantitative estimate of drug-likeness (QED) is 0.591. The molecule has 6 heteroatoms. The van der Waals surface area contributed by atoms with Gasteiger partial charge in [0.15, 0.2) is 0 Å². The summed E-state index contributed by atoms with van der Waals surface area (Å²) in [6.45, 7) is 3.03. The molecule has 0 amide bonds. The van der Waals surface area contributed by atoms with Crippen molar-refractivity contribution in [3.05, 3.63) is 29.3 Å². The Morgan fingerprint density at radius 2 is 2.12 bits per heavy atom. The molecule has 0 aliphatic rings. The molecule has 17 heavy (non-hydrogen) atoms. The summed E-state index contributed by atoms with van der Waals surface area (Å²) in [5.41, 5.74) is 0.612. The van der Waals surface area contributed by atoms with E-state index in [1.165, 1.54) is 26.0 Å². The fraction of sp³-hybridized carbons (Fsp3) is 0.364. The predicted molar refractivity (Wildman–Crippen MR) is 61.2 cm³/mol. The van der Waals surface area contributed by atoms with Crippen molar-refractivity contribution in [1.82, 2.24) is 4.98 Å². The molecule has 0 aliphatic carbocycles. The zero-order valence-corrected chi connectivity index (χ0v) is 10.5. The molecule has 0 spiro atoms. The minimum Gasteiger partial charge on any atom is -0.254 e. The lowest BCUT2D eigenvalue weighted by Crippen LogP contribution is -2.11. The highest BCUT2D eigenvalue weighted by atomic mass is 32.2. The fourth-order valence-corrected chi connectivity index (χ4v) is 1.65. The van der Waals surface area contributed by atoms with Gasteiger partial charge in [-0.25, -0.2) is 9.37 Å². The Bertz CT molecular complexity index is 572. The molecule has 1 heterocycles. The smallest absolute Gasteiger partial charge is 0.254 e. The Labute approximate surface area is 100.0 Å². The van der Waals surface area contributed by atoms with Crippen LogP contribution in [0, 0.1) is 24.6 Å². The summed E-state index contributed by atoms with van der Waals surface area (Å²) >= 11 is 0. The minimum absolute atomic E-state index is 0.244. The number of rotatable bonds is 2. The van der Waals surface area contributed by atoms with Gasteiger partial charge in [0.05, 0.1) is 11.9 Å². The van der Waals surface area contributed by atoms with Gasteiger partial charge >= 0.3 is 0 Å². The van der Waals surface area contributed by atoms with Gasteiger partial charge in [0.1, 0.15) is 17.6 Å². The molecular weight excluding hydrogens is 245 g/mol. The molecule has 0 saturated heterocycles. The molecule has 1 unspecified atom stereocenters. The molecule has 0 aliphatic heterocycles.